The maximum Gasteiger partial charge on any atom is 0.343 e. The highest BCUT2D eigenvalue weighted by atomic mass is 16.5. The Hall–Kier alpha value is -3.08. The van der Waals surface area contributed by atoms with Gasteiger partial charge in [-0.2, -0.15) is 0 Å². The van der Waals surface area contributed by atoms with Crippen LogP contribution in [0.2, 0.25) is 0 Å². The van der Waals surface area contributed by atoms with Gasteiger partial charge < -0.3 is 14.6 Å². The first-order chi connectivity index (χ1) is 12.5. The van der Waals surface area contributed by atoms with Crippen LogP contribution in [0.4, 0.5) is 5.69 Å². The number of benzene rings is 2. The summed E-state index contributed by atoms with van der Waals surface area (Å²) in [5.41, 5.74) is 3.29. The number of methoxy groups -OCH3 is 1. The molecule has 0 fully saturated rings. The van der Waals surface area contributed by atoms with Crippen LogP contribution < -0.4 is 4.74 Å². The van der Waals surface area contributed by atoms with Crippen LogP contribution in [0.1, 0.15) is 23.6 Å². The fourth-order valence-electron chi connectivity index (χ4n) is 2.27. The van der Waals surface area contributed by atoms with E-state index in [2.05, 4.69) is 4.99 Å². The van der Waals surface area contributed by atoms with Gasteiger partial charge in [0.2, 0.25) is 0 Å². The molecule has 0 saturated carbocycles. The number of hydrogen-bond donors (Lipinski definition) is 1. The smallest absolute Gasteiger partial charge is 0.343 e. The number of ether oxygens (including phenoxy) is 2. The zero-order valence-corrected chi connectivity index (χ0v) is 15.4. The number of hydrogen-bond acceptors (Lipinski definition) is 5. The predicted molar refractivity (Wildman–Crippen MR) is 103 cm³/mol. The molecule has 0 bridgehead atoms. The van der Waals surface area contributed by atoms with Crippen molar-refractivity contribution in [3.05, 3.63) is 64.7 Å². The largest absolute Gasteiger partial charge is 0.506 e. The van der Waals surface area contributed by atoms with Crippen molar-refractivity contribution in [1.82, 2.24) is 0 Å². The number of aliphatic imine (C=N–C) groups is 1. The monoisotopic (exact) mass is 353 g/mol. The van der Waals surface area contributed by atoms with Gasteiger partial charge in [0.15, 0.2) is 0 Å². The first-order valence-corrected chi connectivity index (χ1v) is 8.32. The fourth-order valence-corrected chi connectivity index (χ4v) is 2.27. The molecular formula is C21H23NO4. The van der Waals surface area contributed by atoms with Gasteiger partial charge in [-0.05, 0) is 62.2 Å². The highest BCUT2D eigenvalue weighted by Crippen LogP contribution is 2.21. The van der Waals surface area contributed by atoms with Crippen LogP contribution >= 0.6 is 0 Å². The molecule has 0 aliphatic heterocycles. The van der Waals surface area contributed by atoms with Gasteiger partial charge in [0.1, 0.15) is 17.1 Å². The van der Waals surface area contributed by atoms with Crippen molar-refractivity contribution in [2.24, 2.45) is 4.99 Å². The Morgan fingerprint density at radius 2 is 1.81 bits per heavy atom. The van der Waals surface area contributed by atoms with Crippen molar-refractivity contribution in [2.45, 2.75) is 20.8 Å². The molecule has 0 unspecified atom stereocenters. The molecule has 0 radical (unpaired) electrons. The van der Waals surface area contributed by atoms with Crippen LogP contribution in [0, 0.1) is 13.8 Å². The summed E-state index contributed by atoms with van der Waals surface area (Å²) in [7, 11) is 1.58. The normalized spacial score (nSPS) is 12.0. The lowest BCUT2D eigenvalue weighted by molar-refractivity contribution is -0.137. The molecule has 5 nitrogen and oxygen atoms in total. The number of carbonyl (C=O) groups excluding carboxylic acids is 1. The lowest BCUT2D eigenvalue weighted by atomic mass is 10.0. The Balaban J connectivity index is 2.42. The molecule has 0 aliphatic carbocycles. The van der Waals surface area contributed by atoms with E-state index in [1.54, 1.807) is 44.4 Å². The summed E-state index contributed by atoms with van der Waals surface area (Å²) in [6, 6.07) is 12.5. The first-order valence-electron chi connectivity index (χ1n) is 8.32. The topological polar surface area (TPSA) is 68.1 Å². The van der Waals surface area contributed by atoms with Crippen LogP contribution in [-0.2, 0) is 9.53 Å². The van der Waals surface area contributed by atoms with E-state index in [0.717, 1.165) is 11.1 Å². The van der Waals surface area contributed by atoms with Gasteiger partial charge in [-0.25, -0.2) is 4.79 Å². The van der Waals surface area contributed by atoms with Gasteiger partial charge in [-0.15, -0.1) is 0 Å². The number of rotatable bonds is 6. The van der Waals surface area contributed by atoms with Crippen molar-refractivity contribution in [3.63, 3.8) is 0 Å². The Bertz CT molecular complexity index is 836. The van der Waals surface area contributed by atoms with Gasteiger partial charge >= 0.3 is 5.97 Å². The minimum Gasteiger partial charge on any atom is -0.506 e. The quantitative estimate of drug-likeness (QED) is 0.358. The first kappa shape index (κ1) is 19.2. The molecule has 2 rings (SSSR count). The molecule has 0 aliphatic rings. The second kappa shape index (κ2) is 8.85. The van der Waals surface area contributed by atoms with Gasteiger partial charge in [0.25, 0.3) is 0 Å². The summed E-state index contributed by atoms with van der Waals surface area (Å²) in [5.74, 6) is -0.0765. The Morgan fingerprint density at radius 3 is 2.38 bits per heavy atom. The molecule has 0 saturated heterocycles. The van der Waals surface area contributed by atoms with Gasteiger partial charge in [0.05, 0.1) is 19.4 Å². The van der Waals surface area contributed by atoms with Crippen molar-refractivity contribution >= 4 is 23.6 Å². The lowest BCUT2D eigenvalue weighted by Gasteiger charge is -2.09. The summed E-state index contributed by atoms with van der Waals surface area (Å²) >= 11 is 0. The Morgan fingerprint density at radius 1 is 1.12 bits per heavy atom. The van der Waals surface area contributed by atoms with E-state index in [1.165, 1.54) is 6.21 Å². The lowest BCUT2D eigenvalue weighted by Crippen LogP contribution is -2.11. The average Bonchev–Trinajstić information content (AvgIpc) is 2.64. The zero-order valence-electron chi connectivity index (χ0n) is 15.4. The fraction of sp³-hybridized carbons (Fsp3) is 0.238. The van der Waals surface area contributed by atoms with E-state index < -0.39 is 5.97 Å². The summed E-state index contributed by atoms with van der Waals surface area (Å²) < 4.78 is 10.2. The van der Waals surface area contributed by atoms with Crippen LogP contribution in [0.3, 0.4) is 0 Å². The van der Waals surface area contributed by atoms with E-state index in [0.29, 0.717) is 17.0 Å². The summed E-state index contributed by atoms with van der Waals surface area (Å²) in [4.78, 5) is 16.6. The second-order valence-corrected chi connectivity index (χ2v) is 5.74. The van der Waals surface area contributed by atoms with Crippen LogP contribution in [0.25, 0.3) is 5.76 Å². The minimum atomic E-state index is -0.625. The van der Waals surface area contributed by atoms with Crippen LogP contribution in [0.5, 0.6) is 5.75 Å². The number of nitrogens with zero attached hydrogens (tertiary/aromatic N) is 1. The number of carbonyl (C=O) groups is 1. The zero-order chi connectivity index (χ0) is 19.1. The summed E-state index contributed by atoms with van der Waals surface area (Å²) in [6.07, 6.45) is 1.32. The molecule has 5 heteroatoms. The van der Waals surface area contributed by atoms with Gasteiger partial charge in [-0.3, -0.25) is 4.99 Å². The molecule has 2 aromatic rings. The number of aliphatic hydroxyl groups is 1. The van der Waals surface area contributed by atoms with E-state index in [1.807, 2.05) is 26.0 Å². The minimum absolute atomic E-state index is 0.00548. The molecular weight excluding hydrogens is 330 g/mol. The van der Waals surface area contributed by atoms with Crippen LogP contribution in [-0.4, -0.2) is 31.0 Å². The third-order valence-corrected chi connectivity index (χ3v) is 3.95. The van der Waals surface area contributed by atoms with E-state index in [4.69, 9.17) is 9.47 Å². The molecule has 136 valence electrons. The van der Waals surface area contributed by atoms with Crippen molar-refractivity contribution < 1.29 is 19.4 Å². The molecule has 2 aromatic carbocycles. The third kappa shape index (κ3) is 4.72. The molecule has 1 N–H and O–H groups in total. The highest BCUT2D eigenvalue weighted by molar-refractivity contribution is 6.15. The SMILES string of the molecule is CCOC(=O)/C(C=Nc1ccc(OC)cc1)=C(/O)c1ccc(C)c(C)c1. The Labute approximate surface area is 153 Å². The molecule has 0 amide bonds. The standard InChI is InChI=1S/C21H23NO4/c1-5-26-21(24)19(13-22-17-8-10-18(25-4)11-9-17)20(23)16-7-6-14(2)15(3)12-16/h6-13,23H,5H2,1-4H3/b20-19+,22-13?. The van der Waals surface area contributed by atoms with E-state index in [9.17, 15) is 9.90 Å². The number of aliphatic hydroxyl groups excluding tert-OH is 1. The molecule has 26 heavy (non-hydrogen) atoms. The number of esters is 1. The maximum atomic E-state index is 12.3. The van der Waals surface area contributed by atoms with E-state index >= 15 is 0 Å². The van der Waals surface area contributed by atoms with Crippen LogP contribution in [0.15, 0.2) is 53.0 Å². The summed E-state index contributed by atoms with van der Waals surface area (Å²) in [6.45, 7) is 5.85. The second-order valence-electron chi connectivity index (χ2n) is 5.74. The molecule has 0 spiro atoms. The predicted octanol–water partition coefficient (Wildman–Crippen LogP) is 4.55. The van der Waals surface area contributed by atoms with Gasteiger partial charge in [0, 0.05) is 11.8 Å². The summed E-state index contributed by atoms with van der Waals surface area (Å²) in [5, 5.41) is 10.6. The van der Waals surface area contributed by atoms with E-state index in [-0.39, 0.29) is 17.9 Å². The Kier molecular flexibility index (Phi) is 6.55. The van der Waals surface area contributed by atoms with Gasteiger partial charge in [-0.1, -0.05) is 12.1 Å². The number of aryl methyl sites for hydroxylation is 2. The van der Waals surface area contributed by atoms with Crippen molar-refractivity contribution in [3.8, 4) is 5.75 Å². The molecule has 0 heterocycles. The van der Waals surface area contributed by atoms with Crippen molar-refractivity contribution in [1.29, 1.82) is 0 Å². The molecule has 0 aromatic heterocycles. The molecule has 0 atom stereocenters. The third-order valence-electron chi connectivity index (χ3n) is 3.95. The maximum absolute atomic E-state index is 12.3. The average molecular weight is 353 g/mol. The van der Waals surface area contributed by atoms with Crippen molar-refractivity contribution in [2.75, 3.05) is 13.7 Å². The highest BCUT2D eigenvalue weighted by Gasteiger charge is 2.16.